The molecule has 0 aliphatic carbocycles. The number of rotatable bonds is 7. The zero-order valence-corrected chi connectivity index (χ0v) is 14.8. The second-order valence-electron chi connectivity index (χ2n) is 6.12. The molecule has 0 N–H and O–H groups in total. The molecule has 0 unspecified atom stereocenters. The quantitative estimate of drug-likeness (QED) is 0.777. The number of methoxy groups -OCH3 is 2. The van der Waals surface area contributed by atoms with Gasteiger partial charge in [-0.3, -0.25) is 0 Å². The van der Waals surface area contributed by atoms with Gasteiger partial charge < -0.3 is 19.3 Å². The standard InChI is InChI=1S/C20H24N2O3/c1-24-18-9-8-16(14-19(18)25-2)10-11-21-12-13-22(20(21)23)15-17-6-4-3-5-7-17/h3-9,14H,10-13,15H2,1-2H3. The first-order valence-electron chi connectivity index (χ1n) is 8.50. The van der Waals surface area contributed by atoms with E-state index >= 15 is 0 Å². The molecule has 1 heterocycles. The van der Waals surface area contributed by atoms with Crippen LogP contribution in [0.4, 0.5) is 4.79 Å². The van der Waals surface area contributed by atoms with E-state index in [2.05, 4.69) is 12.1 Å². The number of urea groups is 1. The number of hydrogen-bond donors (Lipinski definition) is 0. The zero-order valence-electron chi connectivity index (χ0n) is 14.8. The second-order valence-corrected chi connectivity index (χ2v) is 6.12. The molecule has 0 aromatic heterocycles. The van der Waals surface area contributed by atoms with E-state index in [4.69, 9.17) is 9.47 Å². The Morgan fingerprint density at radius 2 is 1.60 bits per heavy atom. The minimum absolute atomic E-state index is 0.115. The predicted molar refractivity (Wildman–Crippen MR) is 97.1 cm³/mol. The van der Waals surface area contributed by atoms with Crippen LogP contribution in [0, 0.1) is 0 Å². The number of ether oxygens (including phenoxy) is 2. The molecule has 0 radical (unpaired) electrons. The van der Waals surface area contributed by atoms with E-state index in [1.54, 1.807) is 14.2 Å². The summed E-state index contributed by atoms with van der Waals surface area (Å²) in [5.74, 6) is 1.44. The molecule has 0 atom stereocenters. The smallest absolute Gasteiger partial charge is 0.320 e. The summed E-state index contributed by atoms with van der Waals surface area (Å²) in [6.07, 6.45) is 0.797. The summed E-state index contributed by atoms with van der Waals surface area (Å²) >= 11 is 0. The summed E-state index contributed by atoms with van der Waals surface area (Å²) in [4.78, 5) is 16.4. The fraction of sp³-hybridized carbons (Fsp3) is 0.350. The monoisotopic (exact) mass is 340 g/mol. The SMILES string of the molecule is COc1ccc(CCN2CCN(Cc3ccccc3)C2=O)cc1OC. The number of hydrogen-bond acceptors (Lipinski definition) is 3. The second kappa shape index (κ2) is 7.92. The van der Waals surface area contributed by atoms with Gasteiger partial charge in [0, 0.05) is 26.2 Å². The van der Waals surface area contributed by atoms with Crippen molar-refractivity contribution in [1.29, 1.82) is 0 Å². The van der Waals surface area contributed by atoms with Gasteiger partial charge in [0.2, 0.25) is 0 Å². The molecule has 0 bridgehead atoms. The predicted octanol–water partition coefficient (Wildman–Crippen LogP) is 3.18. The fourth-order valence-electron chi connectivity index (χ4n) is 3.09. The number of carbonyl (C=O) groups excluding carboxylic acids is 1. The lowest BCUT2D eigenvalue weighted by Gasteiger charge is -2.19. The molecule has 1 aliphatic rings. The molecule has 5 nitrogen and oxygen atoms in total. The van der Waals surface area contributed by atoms with Gasteiger partial charge >= 0.3 is 6.03 Å². The first kappa shape index (κ1) is 17.1. The topological polar surface area (TPSA) is 42.0 Å². The van der Waals surface area contributed by atoms with E-state index < -0.39 is 0 Å². The van der Waals surface area contributed by atoms with Crippen LogP contribution in [0.25, 0.3) is 0 Å². The Balaban J connectivity index is 1.56. The number of carbonyl (C=O) groups is 1. The normalized spacial score (nSPS) is 14.1. The molecule has 132 valence electrons. The molecule has 1 fully saturated rings. The van der Waals surface area contributed by atoms with Gasteiger partial charge in [0.25, 0.3) is 0 Å². The molecule has 25 heavy (non-hydrogen) atoms. The van der Waals surface area contributed by atoms with Gasteiger partial charge in [-0.15, -0.1) is 0 Å². The first-order chi connectivity index (χ1) is 12.2. The van der Waals surface area contributed by atoms with Crippen molar-refractivity contribution in [3.8, 4) is 11.5 Å². The van der Waals surface area contributed by atoms with Gasteiger partial charge in [-0.05, 0) is 29.7 Å². The molecule has 1 aliphatic heterocycles. The van der Waals surface area contributed by atoms with Crippen LogP contribution in [0.2, 0.25) is 0 Å². The highest BCUT2D eigenvalue weighted by molar-refractivity contribution is 5.76. The van der Waals surface area contributed by atoms with Crippen LogP contribution in [0.5, 0.6) is 11.5 Å². The van der Waals surface area contributed by atoms with Crippen molar-refractivity contribution < 1.29 is 14.3 Å². The van der Waals surface area contributed by atoms with E-state index in [-0.39, 0.29) is 6.03 Å². The van der Waals surface area contributed by atoms with Gasteiger partial charge in [-0.2, -0.15) is 0 Å². The summed E-state index contributed by atoms with van der Waals surface area (Å²) in [5, 5.41) is 0. The van der Waals surface area contributed by atoms with Crippen molar-refractivity contribution in [1.82, 2.24) is 9.80 Å². The van der Waals surface area contributed by atoms with Crippen molar-refractivity contribution in [2.24, 2.45) is 0 Å². The van der Waals surface area contributed by atoms with Crippen molar-refractivity contribution in [2.75, 3.05) is 33.9 Å². The van der Waals surface area contributed by atoms with E-state index in [0.29, 0.717) is 13.1 Å². The summed E-state index contributed by atoms with van der Waals surface area (Å²) in [6.45, 7) is 2.94. The largest absolute Gasteiger partial charge is 0.493 e. The summed E-state index contributed by atoms with van der Waals surface area (Å²) in [5.41, 5.74) is 2.30. The Morgan fingerprint density at radius 1 is 0.880 bits per heavy atom. The van der Waals surface area contributed by atoms with Crippen LogP contribution in [0.15, 0.2) is 48.5 Å². The van der Waals surface area contributed by atoms with E-state index in [9.17, 15) is 4.79 Å². The average Bonchev–Trinajstić information content (AvgIpc) is 3.00. The Bertz CT molecular complexity index is 718. The molecule has 2 aromatic carbocycles. The number of benzene rings is 2. The third-order valence-corrected chi connectivity index (χ3v) is 4.52. The highest BCUT2D eigenvalue weighted by Crippen LogP contribution is 2.28. The van der Waals surface area contributed by atoms with Gasteiger partial charge in [0.05, 0.1) is 14.2 Å². The Hall–Kier alpha value is -2.69. The minimum Gasteiger partial charge on any atom is -0.493 e. The molecule has 1 saturated heterocycles. The highest BCUT2D eigenvalue weighted by Gasteiger charge is 2.27. The number of nitrogens with zero attached hydrogens (tertiary/aromatic N) is 2. The van der Waals surface area contributed by atoms with Gasteiger partial charge in [0.1, 0.15) is 0 Å². The van der Waals surface area contributed by atoms with Crippen molar-refractivity contribution in [3.05, 3.63) is 59.7 Å². The lowest BCUT2D eigenvalue weighted by molar-refractivity contribution is 0.191. The van der Waals surface area contributed by atoms with Crippen molar-refractivity contribution in [2.45, 2.75) is 13.0 Å². The Labute approximate surface area is 148 Å². The van der Waals surface area contributed by atoms with Crippen LogP contribution in [-0.4, -0.2) is 49.7 Å². The molecule has 2 aromatic rings. The Morgan fingerprint density at radius 3 is 2.32 bits per heavy atom. The fourth-order valence-corrected chi connectivity index (χ4v) is 3.09. The summed E-state index contributed by atoms with van der Waals surface area (Å²) < 4.78 is 10.6. The molecule has 3 rings (SSSR count). The van der Waals surface area contributed by atoms with Crippen LogP contribution < -0.4 is 9.47 Å². The zero-order chi connectivity index (χ0) is 17.6. The van der Waals surface area contributed by atoms with Crippen LogP contribution in [-0.2, 0) is 13.0 Å². The van der Waals surface area contributed by atoms with Crippen molar-refractivity contribution >= 4 is 6.03 Å². The average molecular weight is 340 g/mol. The Kier molecular flexibility index (Phi) is 5.43. The minimum atomic E-state index is 0.115. The molecule has 2 amide bonds. The maximum Gasteiger partial charge on any atom is 0.320 e. The third kappa shape index (κ3) is 4.05. The van der Waals surface area contributed by atoms with E-state index in [1.807, 2.05) is 46.2 Å². The maximum absolute atomic E-state index is 12.6. The van der Waals surface area contributed by atoms with Crippen molar-refractivity contribution in [3.63, 3.8) is 0 Å². The lowest BCUT2D eigenvalue weighted by Crippen LogP contribution is -2.32. The summed E-state index contributed by atoms with van der Waals surface area (Å²) in [6, 6.07) is 16.1. The van der Waals surface area contributed by atoms with Crippen LogP contribution in [0.3, 0.4) is 0 Å². The molecular weight excluding hydrogens is 316 g/mol. The molecule has 0 spiro atoms. The lowest BCUT2D eigenvalue weighted by atomic mass is 10.1. The van der Waals surface area contributed by atoms with E-state index in [1.165, 1.54) is 0 Å². The van der Waals surface area contributed by atoms with Gasteiger partial charge in [0.15, 0.2) is 11.5 Å². The first-order valence-corrected chi connectivity index (χ1v) is 8.50. The van der Waals surface area contributed by atoms with Gasteiger partial charge in [-0.1, -0.05) is 36.4 Å². The highest BCUT2D eigenvalue weighted by atomic mass is 16.5. The third-order valence-electron chi connectivity index (χ3n) is 4.52. The van der Waals surface area contributed by atoms with E-state index in [0.717, 1.165) is 42.1 Å². The molecule has 5 heteroatoms. The van der Waals surface area contributed by atoms with Crippen LogP contribution >= 0.6 is 0 Å². The summed E-state index contributed by atoms with van der Waals surface area (Å²) in [7, 11) is 3.26. The molecular formula is C20H24N2O3. The van der Waals surface area contributed by atoms with Gasteiger partial charge in [-0.25, -0.2) is 4.79 Å². The maximum atomic E-state index is 12.6. The van der Waals surface area contributed by atoms with Crippen LogP contribution in [0.1, 0.15) is 11.1 Å². The molecule has 0 saturated carbocycles. The number of amides is 2.